The van der Waals surface area contributed by atoms with Gasteiger partial charge < -0.3 is 15.0 Å². The second-order valence-electron chi connectivity index (χ2n) is 8.63. The zero-order chi connectivity index (χ0) is 30.6. The van der Waals surface area contributed by atoms with E-state index >= 15 is 0 Å². The Kier molecular flexibility index (Phi) is 9.84. The van der Waals surface area contributed by atoms with Gasteiger partial charge in [0.25, 0.3) is 11.5 Å². The van der Waals surface area contributed by atoms with Crippen molar-refractivity contribution in [1.29, 1.82) is 0 Å². The maximum atomic E-state index is 13.2. The summed E-state index contributed by atoms with van der Waals surface area (Å²) in [6.45, 7) is 2.51. The highest BCUT2D eigenvalue weighted by atomic mass is 19.4. The van der Waals surface area contributed by atoms with Crippen molar-refractivity contribution in [2.45, 2.75) is 32.6 Å². The summed E-state index contributed by atoms with van der Waals surface area (Å²) in [4.78, 5) is 33.6. The highest BCUT2D eigenvalue weighted by molar-refractivity contribution is 5.96. The standard InChI is InChI=1S/C16H13F6NO.C10H9F2NO3/c1-9-4-3-5-10(6-9)7-11-12(15(17,18)19)8-13(16(20,21)22)23(2)14(11)24;1-5-2-6(11)9(7(12)3-5)10(16)13-4-8(14)15/h3-6,8H,7H2,1-2H3;2-3H,4H2,1H3,(H,13,16)(H,14,15). The molecule has 0 fully saturated rings. The number of benzene rings is 2. The number of carbonyl (C=O) groups is 2. The van der Waals surface area contributed by atoms with Crippen molar-refractivity contribution in [3.63, 3.8) is 0 Å². The van der Waals surface area contributed by atoms with E-state index in [9.17, 15) is 49.5 Å². The predicted octanol–water partition coefficient (Wildman–Crippen LogP) is 5.41. The SMILES string of the molecule is Cc1cc(F)c(C(=O)NCC(=O)O)c(F)c1.Cc1cccc(Cc2c(C(F)(F)F)cc(C(F)(F)F)n(C)c2=O)c1. The number of hydrogen-bond donors (Lipinski definition) is 2. The van der Waals surface area contributed by atoms with E-state index in [4.69, 9.17) is 5.11 Å². The third-order valence-electron chi connectivity index (χ3n) is 5.40. The molecule has 14 heteroatoms. The van der Waals surface area contributed by atoms with Gasteiger partial charge in [-0.2, -0.15) is 26.3 Å². The average molecular weight is 578 g/mol. The summed E-state index contributed by atoms with van der Waals surface area (Å²) < 4.78 is 105. The molecule has 6 nitrogen and oxygen atoms in total. The molecule has 0 atom stereocenters. The number of aromatic nitrogens is 1. The largest absolute Gasteiger partial charge is 0.480 e. The minimum atomic E-state index is -5.06. The normalized spacial score (nSPS) is 11.5. The molecule has 3 aromatic rings. The number of nitrogens with zero attached hydrogens (tertiary/aromatic N) is 1. The number of halogens is 8. The minimum Gasteiger partial charge on any atom is -0.480 e. The first-order chi connectivity index (χ1) is 18.3. The van der Waals surface area contributed by atoms with E-state index in [1.807, 2.05) is 5.32 Å². The Morgan fingerprint density at radius 2 is 1.48 bits per heavy atom. The predicted molar refractivity (Wildman–Crippen MR) is 127 cm³/mol. The van der Waals surface area contributed by atoms with Gasteiger partial charge in [0, 0.05) is 19.0 Å². The summed E-state index contributed by atoms with van der Waals surface area (Å²) >= 11 is 0. The van der Waals surface area contributed by atoms with Crippen molar-refractivity contribution in [2.24, 2.45) is 7.05 Å². The van der Waals surface area contributed by atoms with Crippen LogP contribution in [0.25, 0.3) is 0 Å². The molecule has 0 aliphatic rings. The smallest absolute Gasteiger partial charge is 0.431 e. The number of hydrogen-bond acceptors (Lipinski definition) is 3. The van der Waals surface area contributed by atoms with Gasteiger partial charge in [0.15, 0.2) is 0 Å². The zero-order valence-corrected chi connectivity index (χ0v) is 21.1. The summed E-state index contributed by atoms with van der Waals surface area (Å²) in [7, 11) is 0.811. The van der Waals surface area contributed by atoms with E-state index in [0.717, 1.165) is 24.7 Å². The number of carboxylic acids is 1. The summed E-state index contributed by atoms with van der Waals surface area (Å²) in [5.74, 6) is -4.40. The number of nitrogens with one attached hydrogen (secondary N) is 1. The monoisotopic (exact) mass is 578 g/mol. The number of amides is 1. The van der Waals surface area contributed by atoms with Crippen LogP contribution in [0.4, 0.5) is 35.1 Å². The third kappa shape index (κ3) is 8.13. The maximum absolute atomic E-state index is 13.2. The number of pyridine rings is 1. The second kappa shape index (κ2) is 12.3. The number of aryl methyl sites for hydroxylation is 2. The molecule has 0 aliphatic heterocycles. The Morgan fingerprint density at radius 3 is 1.95 bits per heavy atom. The van der Waals surface area contributed by atoms with E-state index in [1.54, 1.807) is 25.1 Å². The lowest BCUT2D eigenvalue weighted by molar-refractivity contribution is -0.148. The Hall–Kier alpha value is -4.23. The van der Waals surface area contributed by atoms with Crippen LogP contribution in [0.3, 0.4) is 0 Å². The van der Waals surface area contributed by atoms with E-state index in [2.05, 4.69) is 0 Å². The zero-order valence-electron chi connectivity index (χ0n) is 21.1. The van der Waals surface area contributed by atoms with Gasteiger partial charge in [-0.1, -0.05) is 29.8 Å². The highest BCUT2D eigenvalue weighted by Crippen LogP contribution is 2.36. The van der Waals surface area contributed by atoms with Gasteiger partial charge in [0.2, 0.25) is 0 Å². The molecule has 0 saturated carbocycles. The molecule has 0 unspecified atom stereocenters. The highest BCUT2D eigenvalue weighted by Gasteiger charge is 2.41. The van der Waals surface area contributed by atoms with E-state index < -0.39 is 76.8 Å². The number of aliphatic carboxylic acids is 1. The fraction of sp³-hybridized carbons (Fsp3) is 0.269. The Bertz CT molecular complexity index is 1450. The van der Waals surface area contributed by atoms with Gasteiger partial charge in [-0.05, 0) is 43.2 Å². The van der Waals surface area contributed by atoms with Gasteiger partial charge in [0.05, 0.1) is 5.56 Å². The number of alkyl halides is 6. The van der Waals surface area contributed by atoms with Gasteiger partial charge >= 0.3 is 18.3 Å². The van der Waals surface area contributed by atoms with Crippen molar-refractivity contribution in [3.05, 3.63) is 104 Å². The molecule has 0 bridgehead atoms. The van der Waals surface area contributed by atoms with Gasteiger partial charge in [0.1, 0.15) is 29.4 Å². The van der Waals surface area contributed by atoms with Crippen molar-refractivity contribution >= 4 is 11.9 Å². The molecular weight excluding hydrogens is 556 g/mol. The fourth-order valence-electron chi connectivity index (χ4n) is 3.63. The van der Waals surface area contributed by atoms with Crippen molar-refractivity contribution in [2.75, 3.05) is 6.54 Å². The molecule has 0 spiro atoms. The van der Waals surface area contributed by atoms with E-state index in [-0.39, 0.29) is 10.6 Å². The lowest BCUT2D eigenvalue weighted by atomic mass is 9.99. The molecule has 0 aliphatic carbocycles. The van der Waals surface area contributed by atoms with E-state index in [1.165, 1.54) is 13.0 Å². The van der Waals surface area contributed by atoms with Crippen molar-refractivity contribution in [3.8, 4) is 0 Å². The molecule has 2 N–H and O–H groups in total. The molecular formula is C26H22F8N2O4. The van der Waals surface area contributed by atoms with Gasteiger partial charge in [-0.25, -0.2) is 8.78 Å². The first-order valence-corrected chi connectivity index (χ1v) is 11.2. The molecule has 216 valence electrons. The molecule has 40 heavy (non-hydrogen) atoms. The topological polar surface area (TPSA) is 88.4 Å². The van der Waals surface area contributed by atoms with Crippen LogP contribution in [0.15, 0.2) is 47.3 Å². The van der Waals surface area contributed by atoms with Crippen LogP contribution in [0.5, 0.6) is 0 Å². The van der Waals surface area contributed by atoms with Crippen LogP contribution in [0.1, 0.15) is 43.9 Å². The first-order valence-electron chi connectivity index (χ1n) is 11.2. The Morgan fingerprint density at radius 1 is 0.900 bits per heavy atom. The summed E-state index contributed by atoms with van der Waals surface area (Å²) in [5, 5.41) is 10.2. The second-order valence-corrected chi connectivity index (χ2v) is 8.63. The first kappa shape index (κ1) is 32.0. The lowest BCUT2D eigenvalue weighted by Gasteiger charge is -2.18. The van der Waals surface area contributed by atoms with Crippen molar-refractivity contribution < 1.29 is 49.8 Å². The molecule has 1 aromatic heterocycles. The summed E-state index contributed by atoms with van der Waals surface area (Å²) in [6.07, 6.45) is -10.5. The van der Waals surface area contributed by atoms with E-state index in [0.29, 0.717) is 11.1 Å². The third-order valence-corrected chi connectivity index (χ3v) is 5.40. The molecule has 0 radical (unpaired) electrons. The molecule has 1 heterocycles. The Labute approximate surface area is 221 Å². The van der Waals surface area contributed by atoms with Crippen LogP contribution < -0.4 is 10.9 Å². The van der Waals surface area contributed by atoms with Crippen molar-refractivity contribution in [1.82, 2.24) is 9.88 Å². The fourth-order valence-corrected chi connectivity index (χ4v) is 3.63. The maximum Gasteiger partial charge on any atom is 0.431 e. The van der Waals surface area contributed by atoms with Crippen LogP contribution in [0, 0.1) is 25.5 Å². The summed E-state index contributed by atoms with van der Waals surface area (Å²) in [6, 6.07) is 8.41. The van der Waals surface area contributed by atoms with Crippen LogP contribution in [0.2, 0.25) is 0 Å². The number of carbonyl (C=O) groups excluding carboxylic acids is 1. The van der Waals surface area contributed by atoms with Crippen LogP contribution in [-0.4, -0.2) is 28.1 Å². The van der Waals surface area contributed by atoms with Crippen LogP contribution >= 0.6 is 0 Å². The Balaban J connectivity index is 0.000000305. The lowest BCUT2D eigenvalue weighted by Crippen LogP contribution is -2.32. The summed E-state index contributed by atoms with van der Waals surface area (Å²) in [5.41, 5.74) is -4.45. The quantitative estimate of drug-likeness (QED) is 0.397. The minimum absolute atomic E-state index is 0.00741. The van der Waals surface area contributed by atoms with Crippen LogP contribution in [-0.2, 0) is 30.6 Å². The molecule has 2 aromatic carbocycles. The molecule has 3 rings (SSSR count). The number of rotatable bonds is 5. The van der Waals surface area contributed by atoms with Gasteiger partial charge in [-0.3, -0.25) is 14.4 Å². The number of carboxylic acid groups (broad SMARTS) is 1. The van der Waals surface area contributed by atoms with Gasteiger partial charge in [-0.15, -0.1) is 0 Å². The average Bonchev–Trinajstić information content (AvgIpc) is 2.79. The molecule has 1 amide bonds. The molecule has 0 saturated heterocycles.